The predicted octanol–water partition coefficient (Wildman–Crippen LogP) is 4.77. The standard InChI is InChI=1S/C20H16O2/c1-14-6-4-7-15(12-14)13-19(20(21)22)18-11-5-9-16-8-2-3-10-17(16)18/h2-13H,1H3,(H,21,22)/b19-13-. The second-order valence-electron chi connectivity index (χ2n) is 5.30. The highest BCUT2D eigenvalue weighted by atomic mass is 16.4. The third kappa shape index (κ3) is 2.77. The van der Waals surface area contributed by atoms with Crippen molar-refractivity contribution in [3.63, 3.8) is 0 Å². The SMILES string of the molecule is Cc1cccc(/C=C(\C(=O)O)c2cccc3ccccc23)c1. The molecular formula is C20H16O2. The molecule has 2 heteroatoms. The predicted molar refractivity (Wildman–Crippen MR) is 90.6 cm³/mol. The molecule has 3 aromatic rings. The van der Waals surface area contributed by atoms with Crippen LogP contribution in [-0.2, 0) is 4.79 Å². The van der Waals surface area contributed by atoms with Crippen LogP contribution in [0.15, 0.2) is 66.7 Å². The Labute approximate surface area is 129 Å². The van der Waals surface area contributed by atoms with Crippen LogP contribution in [0.4, 0.5) is 0 Å². The Balaban J connectivity index is 2.21. The molecule has 108 valence electrons. The summed E-state index contributed by atoms with van der Waals surface area (Å²) in [6, 6.07) is 21.4. The monoisotopic (exact) mass is 288 g/mol. The number of rotatable bonds is 3. The lowest BCUT2D eigenvalue weighted by Crippen LogP contribution is -2.00. The van der Waals surface area contributed by atoms with Crippen LogP contribution >= 0.6 is 0 Å². The number of carboxylic acid groups (broad SMARTS) is 1. The van der Waals surface area contributed by atoms with Gasteiger partial charge in [-0.05, 0) is 34.9 Å². The van der Waals surface area contributed by atoms with Crippen molar-refractivity contribution < 1.29 is 9.90 Å². The van der Waals surface area contributed by atoms with Crippen LogP contribution in [0.1, 0.15) is 16.7 Å². The number of carboxylic acids is 1. The number of hydrogen-bond donors (Lipinski definition) is 1. The largest absolute Gasteiger partial charge is 0.478 e. The highest BCUT2D eigenvalue weighted by molar-refractivity contribution is 6.23. The summed E-state index contributed by atoms with van der Waals surface area (Å²) >= 11 is 0. The van der Waals surface area contributed by atoms with Crippen LogP contribution < -0.4 is 0 Å². The highest BCUT2D eigenvalue weighted by Gasteiger charge is 2.13. The molecule has 0 unspecified atom stereocenters. The maximum absolute atomic E-state index is 11.8. The summed E-state index contributed by atoms with van der Waals surface area (Å²) in [5.41, 5.74) is 3.05. The minimum atomic E-state index is -0.919. The number of aryl methyl sites for hydroxylation is 1. The van der Waals surface area contributed by atoms with Gasteiger partial charge >= 0.3 is 5.97 Å². The fraction of sp³-hybridized carbons (Fsp3) is 0.0500. The van der Waals surface area contributed by atoms with Crippen LogP contribution in [0, 0.1) is 6.92 Å². The molecule has 0 atom stereocenters. The topological polar surface area (TPSA) is 37.3 Å². The first-order chi connectivity index (χ1) is 10.6. The van der Waals surface area contributed by atoms with Gasteiger partial charge in [-0.3, -0.25) is 0 Å². The van der Waals surface area contributed by atoms with Gasteiger partial charge in [-0.25, -0.2) is 4.79 Å². The zero-order chi connectivity index (χ0) is 15.5. The normalized spacial score (nSPS) is 11.6. The molecule has 1 N–H and O–H groups in total. The van der Waals surface area contributed by atoms with Gasteiger partial charge in [0.15, 0.2) is 0 Å². The average Bonchev–Trinajstić information content (AvgIpc) is 2.52. The maximum atomic E-state index is 11.8. The number of aliphatic carboxylic acids is 1. The van der Waals surface area contributed by atoms with Crippen molar-refractivity contribution in [2.24, 2.45) is 0 Å². The van der Waals surface area contributed by atoms with Gasteiger partial charge in [0.25, 0.3) is 0 Å². The van der Waals surface area contributed by atoms with Crippen molar-refractivity contribution in [3.05, 3.63) is 83.4 Å². The van der Waals surface area contributed by atoms with Crippen molar-refractivity contribution in [2.45, 2.75) is 6.92 Å². The summed E-state index contributed by atoms with van der Waals surface area (Å²) in [6.07, 6.45) is 1.73. The minimum absolute atomic E-state index is 0.308. The van der Waals surface area contributed by atoms with Crippen molar-refractivity contribution in [1.82, 2.24) is 0 Å². The van der Waals surface area contributed by atoms with Crippen LogP contribution in [-0.4, -0.2) is 11.1 Å². The molecule has 0 saturated heterocycles. The van der Waals surface area contributed by atoms with E-state index in [1.54, 1.807) is 6.08 Å². The van der Waals surface area contributed by atoms with E-state index in [0.717, 1.165) is 27.5 Å². The molecule has 0 aliphatic carbocycles. The third-order valence-corrected chi connectivity index (χ3v) is 3.66. The average molecular weight is 288 g/mol. The van der Waals surface area contributed by atoms with E-state index in [1.807, 2.05) is 73.7 Å². The van der Waals surface area contributed by atoms with Gasteiger partial charge in [0.05, 0.1) is 5.57 Å². The lowest BCUT2D eigenvalue weighted by atomic mass is 9.96. The van der Waals surface area contributed by atoms with Crippen LogP contribution in [0.25, 0.3) is 22.4 Å². The number of hydrogen-bond acceptors (Lipinski definition) is 1. The number of carbonyl (C=O) groups is 1. The molecule has 0 radical (unpaired) electrons. The van der Waals surface area contributed by atoms with Gasteiger partial charge in [0, 0.05) is 0 Å². The van der Waals surface area contributed by atoms with E-state index in [-0.39, 0.29) is 0 Å². The Morgan fingerprint density at radius 2 is 1.68 bits per heavy atom. The Bertz CT molecular complexity index is 870. The van der Waals surface area contributed by atoms with Gasteiger partial charge in [0.1, 0.15) is 0 Å². The van der Waals surface area contributed by atoms with Crippen molar-refractivity contribution in [2.75, 3.05) is 0 Å². The van der Waals surface area contributed by atoms with E-state index in [2.05, 4.69) is 0 Å². The van der Waals surface area contributed by atoms with Crippen molar-refractivity contribution in [3.8, 4) is 0 Å². The fourth-order valence-corrected chi connectivity index (χ4v) is 2.64. The second-order valence-corrected chi connectivity index (χ2v) is 5.30. The molecule has 0 heterocycles. The van der Waals surface area contributed by atoms with E-state index in [1.165, 1.54) is 0 Å². The molecule has 0 aliphatic heterocycles. The molecule has 0 aliphatic rings. The molecule has 3 aromatic carbocycles. The lowest BCUT2D eigenvalue weighted by molar-refractivity contribution is -0.130. The van der Waals surface area contributed by atoms with E-state index in [9.17, 15) is 9.90 Å². The summed E-state index contributed by atoms with van der Waals surface area (Å²) in [5.74, 6) is -0.919. The van der Waals surface area contributed by atoms with E-state index in [0.29, 0.717) is 5.57 Å². The van der Waals surface area contributed by atoms with Gasteiger partial charge in [0.2, 0.25) is 0 Å². The second kappa shape index (κ2) is 5.86. The smallest absolute Gasteiger partial charge is 0.336 e. The van der Waals surface area contributed by atoms with Crippen molar-refractivity contribution in [1.29, 1.82) is 0 Å². The number of fused-ring (bicyclic) bond motifs is 1. The van der Waals surface area contributed by atoms with Gasteiger partial charge < -0.3 is 5.11 Å². The Hall–Kier alpha value is -2.87. The van der Waals surface area contributed by atoms with Gasteiger partial charge in [-0.15, -0.1) is 0 Å². The molecule has 0 spiro atoms. The summed E-state index contributed by atoms with van der Waals surface area (Å²) < 4.78 is 0. The van der Waals surface area contributed by atoms with Crippen LogP contribution in [0.3, 0.4) is 0 Å². The molecule has 22 heavy (non-hydrogen) atoms. The van der Waals surface area contributed by atoms with Crippen LogP contribution in [0.5, 0.6) is 0 Å². The molecule has 0 amide bonds. The molecule has 2 nitrogen and oxygen atoms in total. The summed E-state index contributed by atoms with van der Waals surface area (Å²) in [7, 11) is 0. The molecule has 3 rings (SSSR count). The maximum Gasteiger partial charge on any atom is 0.336 e. The first-order valence-electron chi connectivity index (χ1n) is 7.15. The van der Waals surface area contributed by atoms with Gasteiger partial charge in [-0.2, -0.15) is 0 Å². The Kier molecular flexibility index (Phi) is 3.75. The Morgan fingerprint density at radius 1 is 0.955 bits per heavy atom. The molecule has 0 aromatic heterocycles. The van der Waals surface area contributed by atoms with E-state index < -0.39 is 5.97 Å². The molecule has 0 fully saturated rings. The Morgan fingerprint density at radius 3 is 2.45 bits per heavy atom. The van der Waals surface area contributed by atoms with Crippen molar-refractivity contribution >= 4 is 28.4 Å². The highest BCUT2D eigenvalue weighted by Crippen LogP contribution is 2.27. The zero-order valence-corrected chi connectivity index (χ0v) is 12.3. The summed E-state index contributed by atoms with van der Waals surface area (Å²) in [5, 5.41) is 11.6. The molecule has 0 bridgehead atoms. The minimum Gasteiger partial charge on any atom is -0.478 e. The first-order valence-corrected chi connectivity index (χ1v) is 7.15. The molecular weight excluding hydrogens is 272 g/mol. The van der Waals surface area contributed by atoms with E-state index in [4.69, 9.17) is 0 Å². The zero-order valence-electron chi connectivity index (χ0n) is 12.3. The van der Waals surface area contributed by atoms with Crippen LogP contribution in [0.2, 0.25) is 0 Å². The summed E-state index contributed by atoms with van der Waals surface area (Å²) in [6.45, 7) is 2.00. The molecule has 0 saturated carbocycles. The summed E-state index contributed by atoms with van der Waals surface area (Å²) in [4.78, 5) is 11.8. The third-order valence-electron chi connectivity index (χ3n) is 3.66. The van der Waals surface area contributed by atoms with Gasteiger partial charge in [-0.1, -0.05) is 72.3 Å². The number of benzene rings is 3. The fourth-order valence-electron chi connectivity index (χ4n) is 2.64. The quantitative estimate of drug-likeness (QED) is 0.556. The first kappa shape index (κ1) is 14.1. The lowest BCUT2D eigenvalue weighted by Gasteiger charge is -2.08. The van der Waals surface area contributed by atoms with E-state index >= 15 is 0 Å².